The fourth-order valence-electron chi connectivity index (χ4n) is 1.55. The molecule has 1 heterocycles. The molecular formula is C10H10FN3O2. The van der Waals surface area contributed by atoms with Crippen LogP contribution in [0.4, 0.5) is 9.18 Å². The Kier molecular flexibility index (Phi) is 2.47. The van der Waals surface area contributed by atoms with Crippen molar-refractivity contribution in [2.75, 3.05) is 7.11 Å². The number of urea groups is 1. The molecule has 0 aromatic heterocycles. The third kappa shape index (κ3) is 1.69. The molecule has 2 amide bonds. The Bertz CT molecular complexity index is 461. The van der Waals surface area contributed by atoms with E-state index in [9.17, 15) is 9.18 Å². The lowest BCUT2D eigenvalue weighted by atomic mass is 10.1. The van der Waals surface area contributed by atoms with E-state index in [-0.39, 0.29) is 11.6 Å². The van der Waals surface area contributed by atoms with Gasteiger partial charge in [0.15, 0.2) is 11.6 Å². The number of ether oxygens (including phenoxy) is 1. The van der Waals surface area contributed by atoms with Crippen molar-refractivity contribution in [3.8, 4) is 5.75 Å². The van der Waals surface area contributed by atoms with Crippen LogP contribution in [0, 0.1) is 11.2 Å². The van der Waals surface area contributed by atoms with Crippen LogP contribution in [0.25, 0.3) is 0 Å². The number of hydrogen-bond donors (Lipinski definition) is 3. The van der Waals surface area contributed by atoms with Crippen LogP contribution >= 0.6 is 0 Å². The average Bonchev–Trinajstić information content (AvgIpc) is 2.58. The van der Waals surface area contributed by atoms with Gasteiger partial charge in [0.2, 0.25) is 0 Å². The van der Waals surface area contributed by atoms with Gasteiger partial charge in [0.25, 0.3) is 0 Å². The summed E-state index contributed by atoms with van der Waals surface area (Å²) >= 11 is 0. The van der Waals surface area contributed by atoms with Crippen molar-refractivity contribution >= 4 is 11.9 Å². The van der Waals surface area contributed by atoms with Gasteiger partial charge in [0, 0.05) is 0 Å². The molecule has 2 rings (SSSR count). The summed E-state index contributed by atoms with van der Waals surface area (Å²) in [6.45, 7) is 0. The van der Waals surface area contributed by atoms with Crippen molar-refractivity contribution in [2.45, 2.75) is 6.04 Å². The molecule has 5 nitrogen and oxygen atoms in total. The second-order valence-corrected chi connectivity index (χ2v) is 3.34. The van der Waals surface area contributed by atoms with Gasteiger partial charge in [0.1, 0.15) is 11.9 Å². The topological polar surface area (TPSA) is 74.2 Å². The summed E-state index contributed by atoms with van der Waals surface area (Å²) in [7, 11) is 1.37. The first-order chi connectivity index (χ1) is 7.61. The molecule has 1 aromatic rings. The molecule has 3 N–H and O–H groups in total. The molecular weight excluding hydrogens is 213 g/mol. The molecule has 1 saturated heterocycles. The number of rotatable bonds is 2. The standard InChI is InChI=1S/C10H10FN3O2/c1-16-7-3-2-5(4-6(7)11)8-9(12)14-10(15)13-8/h2-4,8H,1H3,(H3,12,13,14,15). The predicted molar refractivity (Wildman–Crippen MR) is 55.1 cm³/mol. The number of hydrogen-bond acceptors (Lipinski definition) is 3. The van der Waals surface area contributed by atoms with E-state index >= 15 is 0 Å². The number of amidine groups is 1. The summed E-state index contributed by atoms with van der Waals surface area (Å²) < 4.78 is 18.2. The third-order valence-electron chi connectivity index (χ3n) is 2.32. The highest BCUT2D eigenvalue weighted by molar-refractivity contribution is 6.05. The van der Waals surface area contributed by atoms with Crippen LogP contribution in [0.5, 0.6) is 5.75 Å². The number of carbonyl (C=O) groups excluding carboxylic acids is 1. The lowest BCUT2D eigenvalue weighted by molar-refractivity contribution is 0.248. The maximum atomic E-state index is 13.4. The summed E-state index contributed by atoms with van der Waals surface area (Å²) in [4.78, 5) is 11.0. The number of carbonyl (C=O) groups is 1. The number of halogens is 1. The van der Waals surface area contributed by atoms with Gasteiger partial charge < -0.3 is 10.1 Å². The van der Waals surface area contributed by atoms with Gasteiger partial charge in [-0.3, -0.25) is 10.7 Å². The van der Waals surface area contributed by atoms with Gasteiger partial charge in [-0.1, -0.05) is 6.07 Å². The zero-order valence-electron chi connectivity index (χ0n) is 8.50. The van der Waals surface area contributed by atoms with Crippen molar-refractivity contribution in [3.05, 3.63) is 29.6 Å². The quantitative estimate of drug-likeness (QED) is 0.704. The molecule has 0 saturated carbocycles. The first kappa shape index (κ1) is 10.4. The van der Waals surface area contributed by atoms with Gasteiger partial charge in [-0.05, 0) is 17.7 Å². The number of methoxy groups -OCH3 is 1. The molecule has 1 fully saturated rings. The van der Waals surface area contributed by atoms with Gasteiger partial charge in [-0.25, -0.2) is 9.18 Å². The number of benzene rings is 1. The zero-order chi connectivity index (χ0) is 11.7. The lowest BCUT2D eigenvalue weighted by Gasteiger charge is -2.10. The van der Waals surface area contributed by atoms with Gasteiger partial charge in [-0.15, -0.1) is 0 Å². The summed E-state index contributed by atoms with van der Waals surface area (Å²) in [5.41, 5.74) is 0.502. The fourth-order valence-corrected chi connectivity index (χ4v) is 1.55. The van der Waals surface area contributed by atoms with Crippen molar-refractivity contribution in [1.29, 1.82) is 5.41 Å². The van der Waals surface area contributed by atoms with Crippen molar-refractivity contribution in [1.82, 2.24) is 10.6 Å². The maximum absolute atomic E-state index is 13.4. The molecule has 1 atom stereocenters. The number of amides is 2. The normalized spacial score (nSPS) is 19.2. The molecule has 6 heteroatoms. The summed E-state index contributed by atoms with van der Waals surface area (Å²) in [5.74, 6) is -0.379. The smallest absolute Gasteiger partial charge is 0.321 e. The van der Waals surface area contributed by atoms with E-state index in [1.165, 1.54) is 19.2 Å². The Labute approximate surface area is 91.1 Å². The largest absolute Gasteiger partial charge is 0.494 e. The van der Waals surface area contributed by atoms with Crippen molar-refractivity contribution in [3.63, 3.8) is 0 Å². The van der Waals surface area contributed by atoms with Gasteiger partial charge in [-0.2, -0.15) is 0 Å². The molecule has 1 aliphatic heterocycles. The van der Waals surface area contributed by atoms with E-state index in [1.54, 1.807) is 6.07 Å². The van der Waals surface area contributed by atoms with Crippen LogP contribution < -0.4 is 15.4 Å². The lowest BCUT2D eigenvalue weighted by Crippen LogP contribution is -2.22. The molecule has 1 aliphatic rings. The fraction of sp³-hybridized carbons (Fsp3) is 0.200. The minimum atomic E-state index is -0.618. The SMILES string of the molecule is COc1ccc(C2NC(=O)NC2=N)cc1F. The summed E-state index contributed by atoms with van der Waals surface area (Å²) in [6.07, 6.45) is 0. The zero-order valence-corrected chi connectivity index (χ0v) is 8.50. The summed E-state index contributed by atoms with van der Waals surface area (Å²) in [5, 5.41) is 12.3. The van der Waals surface area contributed by atoms with Crippen LogP contribution in [0.3, 0.4) is 0 Å². The molecule has 0 bridgehead atoms. The first-order valence-corrected chi connectivity index (χ1v) is 4.61. The van der Waals surface area contributed by atoms with E-state index in [1.807, 2.05) is 0 Å². The molecule has 0 radical (unpaired) electrons. The first-order valence-electron chi connectivity index (χ1n) is 4.61. The Balaban J connectivity index is 2.31. The molecule has 16 heavy (non-hydrogen) atoms. The molecule has 1 aromatic carbocycles. The minimum absolute atomic E-state index is 0.00886. The van der Waals surface area contributed by atoms with Crippen molar-refractivity contribution in [2.24, 2.45) is 0 Å². The Morgan fingerprint density at radius 3 is 2.75 bits per heavy atom. The Hall–Kier alpha value is -2.11. The van der Waals surface area contributed by atoms with Crippen molar-refractivity contribution < 1.29 is 13.9 Å². The van der Waals surface area contributed by atoms with Crippen LogP contribution in [0.1, 0.15) is 11.6 Å². The summed E-state index contributed by atoms with van der Waals surface area (Å²) in [6, 6.07) is 3.24. The third-order valence-corrected chi connectivity index (χ3v) is 2.32. The average molecular weight is 223 g/mol. The van der Waals surface area contributed by atoms with E-state index in [0.717, 1.165) is 0 Å². The maximum Gasteiger partial charge on any atom is 0.321 e. The van der Waals surface area contributed by atoms with E-state index in [4.69, 9.17) is 10.1 Å². The van der Waals surface area contributed by atoms with Crippen LogP contribution in [0.2, 0.25) is 0 Å². The monoisotopic (exact) mass is 223 g/mol. The highest BCUT2D eigenvalue weighted by Gasteiger charge is 2.28. The molecule has 1 unspecified atom stereocenters. The van der Waals surface area contributed by atoms with E-state index < -0.39 is 17.9 Å². The highest BCUT2D eigenvalue weighted by Crippen LogP contribution is 2.23. The highest BCUT2D eigenvalue weighted by atomic mass is 19.1. The van der Waals surface area contributed by atoms with Crippen LogP contribution in [-0.4, -0.2) is 19.0 Å². The molecule has 0 aliphatic carbocycles. The molecule has 84 valence electrons. The van der Waals surface area contributed by atoms with Gasteiger partial charge in [0.05, 0.1) is 7.11 Å². The minimum Gasteiger partial charge on any atom is -0.494 e. The molecule has 0 spiro atoms. The second-order valence-electron chi connectivity index (χ2n) is 3.34. The van der Waals surface area contributed by atoms with E-state index in [2.05, 4.69) is 10.6 Å². The Morgan fingerprint density at radius 2 is 2.25 bits per heavy atom. The van der Waals surface area contributed by atoms with Gasteiger partial charge >= 0.3 is 6.03 Å². The van der Waals surface area contributed by atoms with Crippen LogP contribution in [-0.2, 0) is 0 Å². The van der Waals surface area contributed by atoms with E-state index in [0.29, 0.717) is 5.56 Å². The number of nitrogens with one attached hydrogen (secondary N) is 3. The predicted octanol–water partition coefficient (Wildman–Crippen LogP) is 1.17. The van der Waals surface area contributed by atoms with Crippen LogP contribution in [0.15, 0.2) is 18.2 Å². The Morgan fingerprint density at radius 1 is 1.50 bits per heavy atom. The second kappa shape index (κ2) is 3.80.